The highest BCUT2D eigenvalue weighted by atomic mass is 19.1. The fraction of sp³-hybridized carbons (Fsp3) is 0.185. The monoisotopic (exact) mass is 442 g/mol. The van der Waals surface area contributed by atoms with Crippen LogP contribution in [0.4, 0.5) is 10.1 Å². The molecule has 5 rings (SSSR count). The second-order valence-electron chi connectivity index (χ2n) is 8.09. The van der Waals surface area contributed by atoms with Crippen molar-refractivity contribution in [3.05, 3.63) is 101 Å². The average molecular weight is 442 g/mol. The molecule has 166 valence electrons. The van der Waals surface area contributed by atoms with E-state index in [1.807, 2.05) is 47.4 Å². The van der Waals surface area contributed by atoms with Crippen LogP contribution in [0, 0.1) is 5.82 Å². The Morgan fingerprint density at radius 3 is 2.42 bits per heavy atom. The van der Waals surface area contributed by atoms with E-state index in [0.717, 1.165) is 23.2 Å². The van der Waals surface area contributed by atoms with Crippen molar-refractivity contribution in [2.24, 2.45) is 0 Å². The summed E-state index contributed by atoms with van der Waals surface area (Å²) in [5, 5.41) is 0. The third-order valence-corrected chi connectivity index (χ3v) is 6.21. The Bertz CT molecular complexity index is 1270. The minimum Gasteiger partial charge on any atom is -0.496 e. The van der Waals surface area contributed by atoms with E-state index in [1.165, 1.54) is 17.0 Å². The minimum atomic E-state index is -0.342. The molecule has 0 bridgehead atoms. The number of methoxy groups -OCH3 is 1. The summed E-state index contributed by atoms with van der Waals surface area (Å²) >= 11 is 0. The van der Waals surface area contributed by atoms with Crippen molar-refractivity contribution >= 4 is 23.1 Å². The van der Waals surface area contributed by atoms with Gasteiger partial charge < -0.3 is 9.64 Å². The van der Waals surface area contributed by atoms with Gasteiger partial charge in [0.25, 0.3) is 11.8 Å². The molecule has 0 atom stereocenters. The molecule has 0 saturated carbocycles. The van der Waals surface area contributed by atoms with E-state index >= 15 is 0 Å². The zero-order valence-corrected chi connectivity index (χ0v) is 18.3. The molecule has 3 aromatic carbocycles. The van der Waals surface area contributed by atoms with Crippen molar-refractivity contribution in [3.63, 3.8) is 0 Å². The first-order valence-corrected chi connectivity index (χ1v) is 10.9. The normalized spacial score (nSPS) is 15.5. The lowest BCUT2D eigenvalue weighted by Gasteiger charge is -2.22. The van der Waals surface area contributed by atoms with Gasteiger partial charge in [-0.25, -0.2) is 4.39 Å². The molecular formula is C27H23FN2O3. The minimum absolute atomic E-state index is 0.209. The van der Waals surface area contributed by atoms with Gasteiger partial charge in [-0.15, -0.1) is 0 Å². The van der Waals surface area contributed by atoms with E-state index in [4.69, 9.17) is 4.74 Å². The van der Waals surface area contributed by atoms with Crippen LogP contribution in [0.3, 0.4) is 0 Å². The van der Waals surface area contributed by atoms with E-state index < -0.39 is 0 Å². The van der Waals surface area contributed by atoms with Crippen LogP contribution < -0.4 is 9.64 Å². The van der Waals surface area contributed by atoms with Crippen LogP contribution in [0.25, 0.3) is 5.57 Å². The number of benzene rings is 3. The number of rotatable bonds is 6. The summed E-state index contributed by atoms with van der Waals surface area (Å²) < 4.78 is 18.8. The SMILES string of the molecule is COc1ccccc1C1=C(N2CCc3ccccc32)C(=O)N(CCc2ccc(F)cc2)C1=O. The fourth-order valence-electron chi connectivity index (χ4n) is 4.57. The number of hydrogen-bond acceptors (Lipinski definition) is 4. The number of carbonyl (C=O) groups excluding carboxylic acids is 2. The maximum absolute atomic E-state index is 13.7. The molecule has 0 spiro atoms. The van der Waals surface area contributed by atoms with Gasteiger partial charge in [0, 0.05) is 24.3 Å². The molecule has 5 nitrogen and oxygen atoms in total. The maximum atomic E-state index is 13.7. The van der Waals surface area contributed by atoms with Crippen LogP contribution in [-0.4, -0.2) is 36.9 Å². The quantitative estimate of drug-likeness (QED) is 0.537. The topological polar surface area (TPSA) is 49.9 Å². The number of ether oxygens (including phenoxy) is 1. The second-order valence-corrected chi connectivity index (χ2v) is 8.09. The molecule has 2 heterocycles. The van der Waals surface area contributed by atoms with E-state index in [1.54, 1.807) is 25.3 Å². The highest BCUT2D eigenvalue weighted by Gasteiger charge is 2.43. The van der Waals surface area contributed by atoms with Crippen LogP contribution in [0.15, 0.2) is 78.5 Å². The number of para-hydroxylation sites is 2. The first kappa shape index (κ1) is 20.9. The highest BCUT2D eigenvalue weighted by molar-refractivity contribution is 6.37. The van der Waals surface area contributed by atoms with E-state index in [2.05, 4.69) is 0 Å². The molecule has 33 heavy (non-hydrogen) atoms. The molecule has 0 aromatic heterocycles. The number of amides is 2. The summed E-state index contributed by atoms with van der Waals surface area (Å²) in [6.07, 6.45) is 1.25. The molecule has 3 aromatic rings. The molecule has 6 heteroatoms. The highest BCUT2D eigenvalue weighted by Crippen LogP contribution is 2.40. The molecule has 2 aliphatic rings. The van der Waals surface area contributed by atoms with Gasteiger partial charge in [0.2, 0.25) is 0 Å². The summed E-state index contributed by atoms with van der Waals surface area (Å²) in [6.45, 7) is 0.832. The van der Waals surface area contributed by atoms with Crippen LogP contribution in [0.2, 0.25) is 0 Å². The lowest BCUT2D eigenvalue weighted by molar-refractivity contribution is -0.136. The number of fused-ring (bicyclic) bond motifs is 1. The van der Waals surface area contributed by atoms with Gasteiger partial charge in [-0.05, 0) is 48.2 Å². The third kappa shape index (κ3) is 3.67. The van der Waals surface area contributed by atoms with Crippen LogP contribution in [0.1, 0.15) is 16.7 Å². The smallest absolute Gasteiger partial charge is 0.278 e. The first-order valence-electron chi connectivity index (χ1n) is 10.9. The van der Waals surface area contributed by atoms with Gasteiger partial charge >= 0.3 is 0 Å². The van der Waals surface area contributed by atoms with Crippen molar-refractivity contribution in [2.45, 2.75) is 12.8 Å². The van der Waals surface area contributed by atoms with Crippen LogP contribution >= 0.6 is 0 Å². The van der Waals surface area contributed by atoms with E-state index in [-0.39, 0.29) is 24.2 Å². The third-order valence-electron chi connectivity index (χ3n) is 6.21. The first-order chi connectivity index (χ1) is 16.1. The molecule has 0 radical (unpaired) electrons. The lowest BCUT2D eigenvalue weighted by atomic mass is 10.0. The number of carbonyl (C=O) groups is 2. The number of imide groups is 1. The number of nitrogens with zero attached hydrogens (tertiary/aromatic N) is 2. The number of anilines is 1. The Morgan fingerprint density at radius 1 is 0.909 bits per heavy atom. The summed E-state index contributed by atoms with van der Waals surface area (Å²) in [6, 6.07) is 21.3. The maximum Gasteiger partial charge on any atom is 0.278 e. The largest absolute Gasteiger partial charge is 0.496 e. The molecule has 0 N–H and O–H groups in total. The molecular weight excluding hydrogens is 419 g/mol. The van der Waals surface area contributed by atoms with Gasteiger partial charge in [-0.1, -0.05) is 48.5 Å². The Hall–Kier alpha value is -3.93. The average Bonchev–Trinajstić information content (AvgIpc) is 3.37. The van der Waals surface area contributed by atoms with Crippen molar-refractivity contribution < 1.29 is 18.7 Å². The second kappa shape index (κ2) is 8.54. The Labute approximate surface area is 191 Å². The van der Waals surface area contributed by atoms with Gasteiger partial charge in [-0.2, -0.15) is 0 Å². The Morgan fingerprint density at radius 2 is 1.64 bits per heavy atom. The molecule has 2 amide bonds. The number of hydrogen-bond donors (Lipinski definition) is 0. The van der Waals surface area contributed by atoms with Crippen molar-refractivity contribution in [1.29, 1.82) is 0 Å². The summed E-state index contributed by atoms with van der Waals surface area (Å²) in [5.74, 6) is -0.438. The van der Waals surface area contributed by atoms with Crippen LogP contribution in [0.5, 0.6) is 5.75 Å². The van der Waals surface area contributed by atoms with Gasteiger partial charge in [0.15, 0.2) is 0 Å². The predicted molar refractivity (Wildman–Crippen MR) is 124 cm³/mol. The fourth-order valence-corrected chi connectivity index (χ4v) is 4.57. The molecule has 2 aliphatic heterocycles. The molecule has 0 fully saturated rings. The standard InChI is InChI=1S/C27H23FN2O3/c1-33-23-9-5-3-7-21(23)24-25(29-17-15-19-6-2-4-8-22(19)29)27(32)30(26(24)31)16-14-18-10-12-20(28)13-11-18/h2-13H,14-17H2,1H3. The van der Waals surface area contributed by atoms with E-state index in [0.29, 0.717) is 35.5 Å². The Balaban J connectivity index is 1.56. The zero-order valence-electron chi connectivity index (χ0n) is 18.3. The molecule has 0 aliphatic carbocycles. The van der Waals surface area contributed by atoms with Gasteiger partial charge in [0.05, 0.1) is 12.7 Å². The predicted octanol–water partition coefficient (Wildman–Crippen LogP) is 4.22. The van der Waals surface area contributed by atoms with Crippen molar-refractivity contribution in [3.8, 4) is 5.75 Å². The zero-order chi connectivity index (χ0) is 22.9. The number of halogens is 1. The molecule has 0 saturated heterocycles. The van der Waals surface area contributed by atoms with Crippen molar-refractivity contribution in [2.75, 3.05) is 25.1 Å². The summed E-state index contributed by atoms with van der Waals surface area (Å²) in [4.78, 5) is 30.6. The summed E-state index contributed by atoms with van der Waals surface area (Å²) in [7, 11) is 1.55. The molecule has 0 unspecified atom stereocenters. The van der Waals surface area contributed by atoms with Crippen molar-refractivity contribution in [1.82, 2.24) is 4.90 Å². The van der Waals surface area contributed by atoms with E-state index in [9.17, 15) is 14.0 Å². The van der Waals surface area contributed by atoms with Gasteiger partial charge in [0.1, 0.15) is 17.3 Å². The van der Waals surface area contributed by atoms with Gasteiger partial charge in [-0.3, -0.25) is 14.5 Å². The summed E-state index contributed by atoms with van der Waals surface area (Å²) in [5.41, 5.74) is 4.29. The Kier molecular flexibility index (Phi) is 5.42. The van der Waals surface area contributed by atoms with Crippen LogP contribution in [-0.2, 0) is 22.4 Å². The lowest BCUT2D eigenvalue weighted by Crippen LogP contribution is -2.36.